The van der Waals surface area contributed by atoms with Crippen LogP contribution in [0.3, 0.4) is 0 Å². The van der Waals surface area contributed by atoms with Gasteiger partial charge >= 0.3 is 47.5 Å². The van der Waals surface area contributed by atoms with E-state index in [1.807, 2.05) is 6.92 Å². The van der Waals surface area contributed by atoms with Crippen molar-refractivity contribution in [3.8, 4) is 0 Å². The van der Waals surface area contributed by atoms with Crippen molar-refractivity contribution in [2.75, 3.05) is 26.1 Å². The Labute approximate surface area is 353 Å². The van der Waals surface area contributed by atoms with E-state index in [0.717, 1.165) is 31.4 Å². The van der Waals surface area contributed by atoms with Gasteiger partial charge in [-0.3, -0.25) is 4.18 Å². The zero-order valence-corrected chi connectivity index (χ0v) is 38.6. The first-order valence-corrected chi connectivity index (χ1v) is 21.2. The molecule has 13 heteroatoms. The second kappa shape index (κ2) is 53.0. The summed E-state index contributed by atoms with van der Waals surface area (Å²) in [7, 11) is -3.15. The summed E-state index contributed by atoms with van der Waals surface area (Å²) >= 11 is 4.20. The van der Waals surface area contributed by atoms with Gasteiger partial charge in [0.2, 0.25) is 10.4 Å². The minimum Gasteiger partial charge on any atom is -0.726 e. The maximum absolute atomic E-state index is 10.3. The first-order valence-electron chi connectivity index (χ1n) is 19.2. The number of carboxylic acid groups (broad SMARTS) is 1. The van der Waals surface area contributed by atoms with Crippen molar-refractivity contribution in [1.82, 2.24) is 0 Å². The van der Waals surface area contributed by atoms with Crippen LogP contribution in [0.15, 0.2) is 37.0 Å². The fourth-order valence-corrected chi connectivity index (χ4v) is 4.45. The largest absolute Gasteiger partial charge is 1.00 e. The summed E-state index contributed by atoms with van der Waals surface area (Å²) in [6.45, 7) is 19.9. The van der Waals surface area contributed by atoms with E-state index in [4.69, 9.17) is 5.11 Å². The smallest absolute Gasteiger partial charge is 0.726 e. The predicted octanol–water partition coefficient (Wildman–Crippen LogP) is 8.12. The van der Waals surface area contributed by atoms with Crippen LogP contribution in [0.1, 0.15) is 176 Å². The van der Waals surface area contributed by atoms with E-state index in [-0.39, 0.29) is 53.7 Å². The van der Waals surface area contributed by atoms with Gasteiger partial charge in [0.1, 0.15) is 0 Å². The van der Waals surface area contributed by atoms with Gasteiger partial charge in [0.15, 0.2) is 0 Å². The minimum atomic E-state index is -4.48. The monoisotopic (exact) mass is 804 g/mol. The van der Waals surface area contributed by atoms with Gasteiger partial charge in [-0.1, -0.05) is 163 Å². The van der Waals surface area contributed by atoms with Gasteiger partial charge < -0.3 is 19.1 Å². The fourth-order valence-electron chi connectivity index (χ4n) is 3.90. The van der Waals surface area contributed by atoms with Crippen LogP contribution in [0.5, 0.6) is 0 Å². The number of hydrogen-bond acceptors (Lipinski definition) is 10. The summed E-state index contributed by atoms with van der Waals surface area (Å²) in [5.74, 6) is -0.547. The van der Waals surface area contributed by atoms with Gasteiger partial charge in [0.05, 0.1) is 20.3 Å². The Kier molecular flexibility index (Phi) is 63.7. The number of carboxylic acids is 1. The maximum atomic E-state index is 10.3. The molecule has 0 atom stereocenters. The summed E-state index contributed by atoms with van der Waals surface area (Å²) in [6, 6.07) is 0. The van der Waals surface area contributed by atoms with Gasteiger partial charge in [-0.05, 0) is 38.9 Å². The molecule has 0 aromatic rings. The van der Waals surface area contributed by atoms with Crippen LogP contribution in [0.4, 0.5) is 0 Å². The third-order valence-electron chi connectivity index (χ3n) is 7.05. The summed E-state index contributed by atoms with van der Waals surface area (Å²) in [6.07, 6.45) is 29.0. The van der Waals surface area contributed by atoms with Crippen LogP contribution in [0.2, 0.25) is 0 Å². The molecule has 53 heavy (non-hydrogen) atoms. The van der Waals surface area contributed by atoms with E-state index >= 15 is 0 Å². The van der Waals surface area contributed by atoms with Gasteiger partial charge in [-0.15, -0.1) is 0 Å². The molecule has 0 aliphatic carbocycles. The topological polar surface area (TPSA) is 156 Å². The second-order valence-electron chi connectivity index (χ2n) is 12.4. The molecule has 310 valence electrons. The Morgan fingerprint density at radius 2 is 1.00 bits per heavy atom. The Morgan fingerprint density at radius 1 is 0.660 bits per heavy atom. The van der Waals surface area contributed by atoms with Gasteiger partial charge in [-0.25, -0.2) is 22.8 Å². The van der Waals surface area contributed by atoms with Crippen LogP contribution in [0, 0.1) is 0 Å². The molecule has 0 aromatic heterocycles. The summed E-state index contributed by atoms with van der Waals surface area (Å²) in [5.41, 5.74) is 0.609. The molecular weight excluding hydrogens is 728 g/mol. The van der Waals surface area contributed by atoms with Crippen molar-refractivity contribution in [2.24, 2.45) is 0 Å². The Morgan fingerprint density at radius 3 is 1.25 bits per heavy atom. The molecule has 0 fully saturated rings. The average Bonchev–Trinajstić information content (AvgIpc) is 3.10. The number of hydrogen-bond donors (Lipinski definition) is 2. The number of rotatable bonds is 28. The van der Waals surface area contributed by atoms with Crippen LogP contribution in [-0.4, -0.2) is 62.1 Å². The minimum absolute atomic E-state index is 0. The van der Waals surface area contributed by atoms with Gasteiger partial charge in [0, 0.05) is 17.2 Å². The van der Waals surface area contributed by atoms with E-state index in [1.54, 1.807) is 6.92 Å². The molecule has 0 saturated carbocycles. The summed E-state index contributed by atoms with van der Waals surface area (Å²) < 4.78 is 43.4. The standard InChI is InChI=1S/C12H26O4S.C12H26S.C7H12O2.C5H8O2.C4H6O2.Na/c1-2-3-4-5-6-7-8-9-10-11-12-16-17(13,14)15;1-2-3-4-5-6-7-8-9-10-11-12-13;1-3-5-6-9-7(8)4-2;1-4(2)5(6)7-3;1-3(2)4(5)6;/h2-12H2,1H3,(H,13,14,15);13H,2-12H2,1H3;4H,2-3,5-6H2,1H3;1H2,2-3H3;1H2,2H3,(H,5,6);/q;;;;;+1/p-1. The molecule has 0 aromatic carbocycles. The number of thiol groups is 1. The molecule has 10 nitrogen and oxygen atoms in total. The van der Waals surface area contributed by atoms with Gasteiger partial charge in [-0.2, -0.15) is 12.6 Å². The normalized spacial score (nSPS) is 9.74. The molecule has 1 N–H and O–H groups in total. The Bertz CT molecular complexity index is 935. The molecule has 0 amide bonds. The number of aliphatic carboxylic acids is 1. The molecule has 0 unspecified atom stereocenters. The third kappa shape index (κ3) is 76.4. The van der Waals surface area contributed by atoms with E-state index < -0.39 is 16.4 Å². The third-order valence-corrected chi connectivity index (χ3v) is 7.82. The second-order valence-corrected chi connectivity index (χ2v) is 13.9. The number of carbonyl (C=O) groups excluding carboxylic acids is 2. The number of ether oxygens (including phenoxy) is 2. The van der Waals surface area contributed by atoms with E-state index in [2.05, 4.69) is 59.9 Å². The molecule has 0 radical (unpaired) electrons. The number of unbranched alkanes of at least 4 members (excludes halogenated alkanes) is 19. The fraction of sp³-hybridized carbons (Fsp3) is 0.775. The number of methoxy groups -OCH3 is 1. The quantitative estimate of drug-likeness (QED) is 0.0151. The SMILES string of the molecule is C=C(C)C(=O)O.C=C(C)C(=O)OC.C=CC(=O)OCCCC.CCCCCCCCCCCCOS(=O)(=O)[O-].CCCCCCCCCCCCS.[Na+]. The van der Waals surface area contributed by atoms with Crippen molar-refractivity contribution in [2.45, 2.75) is 176 Å². The number of esters is 2. The Hall–Kier alpha value is -1.15. The van der Waals surface area contributed by atoms with Crippen LogP contribution in [-0.2, 0) is 38.4 Å². The first-order chi connectivity index (χ1) is 24.6. The van der Waals surface area contributed by atoms with Crippen LogP contribution >= 0.6 is 12.6 Å². The Balaban J connectivity index is -0.000000137. The average molecular weight is 805 g/mol. The van der Waals surface area contributed by atoms with E-state index in [1.165, 1.54) is 129 Å². The summed E-state index contributed by atoms with van der Waals surface area (Å²) in [5, 5.41) is 7.89. The maximum Gasteiger partial charge on any atom is 1.00 e. The van der Waals surface area contributed by atoms with Crippen molar-refractivity contribution in [1.29, 1.82) is 0 Å². The van der Waals surface area contributed by atoms with Crippen molar-refractivity contribution in [3.05, 3.63) is 37.0 Å². The zero-order chi connectivity index (χ0) is 40.9. The molecule has 0 saturated heterocycles. The molecule has 0 aliphatic rings. The first kappa shape index (κ1) is 63.8. The summed E-state index contributed by atoms with van der Waals surface area (Å²) in [4.78, 5) is 30.1. The molecule has 0 bridgehead atoms. The van der Waals surface area contributed by atoms with Crippen LogP contribution in [0.25, 0.3) is 0 Å². The van der Waals surface area contributed by atoms with Crippen molar-refractivity contribution < 1.29 is 75.7 Å². The number of carbonyl (C=O) groups is 3. The van der Waals surface area contributed by atoms with E-state index in [9.17, 15) is 27.4 Å². The van der Waals surface area contributed by atoms with Crippen LogP contribution < -0.4 is 29.6 Å². The van der Waals surface area contributed by atoms with Crippen molar-refractivity contribution in [3.63, 3.8) is 0 Å². The van der Waals surface area contributed by atoms with Gasteiger partial charge in [0.25, 0.3) is 0 Å². The molecule has 0 heterocycles. The molecule has 0 rings (SSSR count). The zero-order valence-electron chi connectivity index (χ0n) is 34.9. The predicted molar refractivity (Wildman–Crippen MR) is 219 cm³/mol. The van der Waals surface area contributed by atoms with Crippen molar-refractivity contribution >= 4 is 40.9 Å². The van der Waals surface area contributed by atoms with E-state index in [0.29, 0.717) is 18.6 Å². The molecule has 0 aliphatic heterocycles. The molecule has 0 spiro atoms. The molecular formula is C40H77NaO10S2.